The fraction of sp³-hybridized carbons (Fsp3) is 0.636. The molecule has 6 heteroatoms. The molecule has 0 radical (unpaired) electrons. The maximum atomic E-state index is 12.4. The average Bonchev–Trinajstić information content (AvgIpc) is 2.66. The second-order valence-electron chi connectivity index (χ2n) is 7.78. The maximum absolute atomic E-state index is 12.4. The van der Waals surface area contributed by atoms with E-state index in [4.69, 9.17) is 0 Å². The first-order valence-corrected chi connectivity index (χ1v) is 10.6. The molecule has 1 aliphatic rings. The van der Waals surface area contributed by atoms with Gasteiger partial charge in [0.15, 0.2) is 0 Å². The van der Waals surface area contributed by atoms with Gasteiger partial charge in [0, 0.05) is 38.4 Å². The molecular formula is C22H36N4O2. The Morgan fingerprint density at radius 1 is 0.893 bits per heavy atom. The number of rotatable bonds is 10. The van der Waals surface area contributed by atoms with Crippen LogP contribution in [0.25, 0.3) is 0 Å². The Hall–Kier alpha value is -1.92. The van der Waals surface area contributed by atoms with Gasteiger partial charge in [-0.05, 0) is 31.4 Å². The third kappa shape index (κ3) is 7.60. The molecule has 1 saturated heterocycles. The highest BCUT2D eigenvalue weighted by Gasteiger charge is 2.20. The topological polar surface area (TPSA) is 64.7 Å². The Morgan fingerprint density at radius 3 is 2.04 bits per heavy atom. The lowest BCUT2D eigenvalue weighted by Crippen LogP contribution is -2.51. The summed E-state index contributed by atoms with van der Waals surface area (Å²) in [5.41, 5.74) is 3.08. The lowest BCUT2D eigenvalue weighted by atomic mass is 10.1. The lowest BCUT2D eigenvalue weighted by Gasteiger charge is -2.33. The van der Waals surface area contributed by atoms with Gasteiger partial charge in [-0.2, -0.15) is 0 Å². The number of benzene rings is 1. The standard InChI is InChI=1S/C22H36N4O2/c1-4-5-6-7-11-23-20(27)16-25-12-14-26(15-13-25)17-21(28)24-22-18(2)9-8-10-19(22)3/h8-10H,4-7,11-17H2,1-3H3,(H,23,27)(H,24,28). The number of nitrogens with zero attached hydrogens (tertiary/aromatic N) is 2. The van der Waals surface area contributed by atoms with E-state index < -0.39 is 0 Å². The van der Waals surface area contributed by atoms with Crippen LogP contribution >= 0.6 is 0 Å². The molecule has 0 spiro atoms. The van der Waals surface area contributed by atoms with E-state index in [-0.39, 0.29) is 11.8 Å². The molecule has 2 rings (SSSR count). The smallest absolute Gasteiger partial charge is 0.238 e. The maximum Gasteiger partial charge on any atom is 0.238 e. The van der Waals surface area contributed by atoms with Crippen molar-refractivity contribution in [1.82, 2.24) is 15.1 Å². The average molecular weight is 389 g/mol. The number of hydrogen-bond acceptors (Lipinski definition) is 4. The highest BCUT2D eigenvalue weighted by molar-refractivity contribution is 5.93. The van der Waals surface area contributed by atoms with Crippen molar-refractivity contribution in [2.45, 2.75) is 46.5 Å². The Balaban J connectivity index is 1.65. The van der Waals surface area contributed by atoms with E-state index in [0.717, 1.165) is 56.0 Å². The van der Waals surface area contributed by atoms with Gasteiger partial charge < -0.3 is 10.6 Å². The van der Waals surface area contributed by atoms with Gasteiger partial charge in [0.05, 0.1) is 13.1 Å². The van der Waals surface area contributed by atoms with Gasteiger partial charge in [-0.3, -0.25) is 19.4 Å². The fourth-order valence-electron chi connectivity index (χ4n) is 3.54. The van der Waals surface area contributed by atoms with E-state index in [9.17, 15) is 9.59 Å². The van der Waals surface area contributed by atoms with Gasteiger partial charge in [-0.15, -0.1) is 0 Å². The minimum absolute atomic E-state index is 0.0238. The van der Waals surface area contributed by atoms with E-state index in [0.29, 0.717) is 13.1 Å². The third-order valence-corrected chi connectivity index (χ3v) is 5.30. The molecule has 28 heavy (non-hydrogen) atoms. The van der Waals surface area contributed by atoms with Crippen LogP contribution in [-0.4, -0.2) is 67.4 Å². The second kappa shape index (κ2) is 11.8. The molecule has 1 aromatic rings. The van der Waals surface area contributed by atoms with Crippen molar-refractivity contribution in [2.24, 2.45) is 0 Å². The largest absolute Gasteiger partial charge is 0.355 e. The number of amides is 2. The number of carbonyl (C=O) groups excluding carboxylic acids is 2. The van der Waals surface area contributed by atoms with Gasteiger partial charge in [0.2, 0.25) is 11.8 Å². The molecule has 1 aromatic carbocycles. The number of anilines is 1. The number of para-hydroxylation sites is 1. The van der Waals surface area contributed by atoms with Crippen LogP contribution in [0.3, 0.4) is 0 Å². The third-order valence-electron chi connectivity index (χ3n) is 5.30. The Bertz CT molecular complexity index is 619. The molecule has 1 heterocycles. The first-order chi connectivity index (χ1) is 13.5. The molecule has 1 aliphatic heterocycles. The van der Waals surface area contributed by atoms with Crippen molar-refractivity contribution in [3.8, 4) is 0 Å². The highest BCUT2D eigenvalue weighted by Crippen LogP contribution is 2.19. The molecule has 6 nitrogen and oxygen atoms in total. The quantitative estimate of drug-likeness (QED) is 0.605. The van der Waals surface area contributed by atoms with Crippen LogP contribution in [0.1, 0.15) is 43.7 Å². The predicted molar refractivity (Wildman–Crippen MR) is 115 cm³/mol. The van der Waals surface area contributed by atoms with Crippen LogP contribution in [0.4, 0.5) is 5.69 Å². The minimum atomic E-state index is 0.0238. The van der Waals surface area contributed by atoms with Gasteiger partial charge in [-0.1, -0.05) is 44.4 Å². The zero-order valence-electron chi connectivity index (χ0n) is 17.7. The number of piperazine rings is 1. The zero-order chi connectivity index (χ0) is 20.4. The van der Waals surface area contributed by atoms with E-state index in [2.05, 4.69) is 27.4 Å². The summed E-state index contributed by atoms with van der Waals surface area (Å²) in [7, 11) is 0. The lowest BCUT2D eigenvalue weighted by molar-refractivity contribution is -0.123. The Morgan fingerprint density at radius 2 is 1.46 bits per heavy atom. The zero-order valence-corrected chi connectivity index (χ0v) is 17.7. The second-order valence-corrected chi connectivity index (χ2v) is 7.78. The summed E-state index contributed by atoms with van der Waals surface area (Å²) in [6.45, 7) is 11.1. The molecule has 2 amide bonds. The van der Waals surface area contributed by atoms with Crippen LogP contribution in [0.15, 0.2) is 18.2 Å². The highest BCUT2D eigenvalue weighted by atomic mass is 16.2. The predicted octanol–water partition coefficient (Wildman–Crippen LogP) is 2.56. The van der Waals surface area contributed by atoms with Crippen molar-refractivity contribution >= 4 is 17.5 Å². The van der Waals surface area contributed by atoms with E-state index in [1.165, 1.54) is 19.3 Å². The Kier molecular flexibility index (Phi) is 9.44. The van der Waals surface area contributed by atoms with Gasteiger partial charge in [-0.25, -0.2) is 0 Å². The van der Waals surface area contributed by atoms with E-state index in [1.54, 1.807) is 0 Å². The molecule has 156 valence electrons. The number of unbranched alkanes of at least 4 members (excludes halogenated alkanes) is 3. The van der Waals surface area contributed by atoms with E-state index >= 15 is 0 Å². The van der Waals surface area contributed by atoms with Gasteiger partial charge >= 0.3 is 0 Å². The number of aryl methyl sites for hydroxylation is 2. The van der Waals surface area contributed by atoms with Crippen molar-refractivity contribution in [2.75, 3.05) is 51.1 Å². The molecule has 0 saturated carbocycles. The van der Waals surface area contributed by atoms with Crippen LogP contribution in [0, 0.1) is 13.8 Å². The van der Waals surface area contributed by atoms with Gasteiger partial charge in [0.1, 0.15) is 0 Å². The van der Waals surface area contributed by atoms with Crippen LogP contribution in [0.5, 0.6) is 0 Å². The molecule has 0 aliphatic carbocycles. The van der Waals surface area contributed by atoms with Crippen LogP contribution in [-0.2, 0) is 9.59 Å². The molecular weight excluding hydrogens is 352 g/mol. The van der Waals surface area contributed by atoms with Crippen molar-refractivity contribution in [1.29, 1.82) is 0 Å². The summed E-state index contributed by atoms with van der Waals surface area (Å²) in [6.07, 6.45) is 4.68. The SMILES string of the molecule is CCCCCCNC(=O)CN1CCN(CC(=O)Nc2c(C)cccc2C)CC1. The Labute approximate surface area is 169 Å². The van der Waals surface area contributed by atoms with Gasteiger partial charge in [0.25, 0.3) is 0 Å². The van der Waals surface area contributed by atoms with Crippen molar-refractivity contribution in [3.63, 3.8) is 0 Å². The van der Waals surface area contributed by atoms with E-state index in [1.807, 2.05) is 32.0 Å². The molecule has 1 fully saturated rings. The first kappa shape index (κ1) is 22.4. The minimum Gasteiger partial charge on any atom is -0.355 e. The summed E-state index contributed by atoms with van der Waals surface area (Å²) >= 11 is 0. The van der Waals surface area contributed by atoms with Crippen LogP contribution in [0.2, 0.25) is 0 Å². The fourth-order valence-corrected chi connectivity index (χ4v) is 3.54. The normalized spacial score (nSPS) is 15.4. The first-order valence-electron chi connectivity index (χ1n) is 10.6. The number of nitrogens with one attached hydrogen (secondary N) is 2. The van der Waals surface area contributed by atoms with Crippen molar-refractivity contribution in [3.05, 3.63) is 29.3 Å². The molecule has 2 N–H and O–H groups in total. The molecule has 0 atom stereocenters. The summed E-state index contributed by atoms with van der Waals surface area (Å²) in [5, 5.41) is 6.06. The number of carbonyl (C=O) groups is 2. The summed E-state index contributed by atoms with van der Waals surface area (Å²) in [6, 6.07) is 6.02. The molecule has 0 bridgehead atoms. The molecule has 0 unspecified atom stereocenters. The summed E-state index contributed by atoms with van der Waals surface area (Å²) in [4.78, 5) is 28.8. The van der Waals surface area contributed by atoms with Crippen LogP contribution < -0.4 is 10.6 Å². The molecule has 0 aromatic heterocycles. The monoisotopic (exact) mass is 388 g/mol. The number of hydrogen-bond donors (Lipinski definition) is 2. The summed E-state index contributed by atoms with van der Waals surface area (Å²) in [5.74, 6) is 0.133. The van der Waals surface area contributed by atoms with Crippen molar-refractivity contribution < 1.29 is 9.59 Å². The summed E-state index contributed by atoms with van der Waals surface area (Å²) < 4.78 is 0.